The summed E-state index contributed by atoms with van der Waals surface area (Å²) in [5.41, 5.74) is 4.58. The molecule has 0 radical (unpaired) electrons. The van der Waals surface area contributed by atoms with Crippen molar-refractivity contribution in [3.63, 3.8) is 0 Å². The molecule has 0 saturated heterocycles. The van der Waals surface area contributed by atoms with Gasteiger partial charge in [-0.1, -0.05) is 71.7 Å². The van der Waals surface area contributed by atoms with Crippen molar-refractivity contribution in [2.75, 3.05) is 0 Å². The zero-order chi connectivity index (χ0) is 21.8. The number of halogens is 3. The molecule has 0 aliphatic heterocycles. The van der Waals surface area contributed by atoms with Crippen LogP contribution < -0.4 is 0 Å². The first kappa shape index (κ1) is 21.4. The Bertz CT molecular complexity index is 1270. The fourth-order valence-electron chi connectivity index (χ4n) is 3.13. The minimum atomic E-state index is -0.325. The molecule has 2 nitrogen and oxygen atoms in total. The summed E-state index contributed by atoms with van der Waals surface area (Å²) < 4.78 is 13.5. The van der Waals surface area contributed by atoms with E-state index in [1.165, 1.54) is 23.9 Å². The van der Waals surface area contributed by atoms with E-state index in [9.17, 15) is 9.65 Å². The molecule has 0 unspecified atom stereocenters. The van der Waals surface area contributed by atoms with Gasteiger partial charge >= 0.3 is 0 Å². The number of thioether (sulfide) groups is 1. The molecular formula is C25H15Cl2FN2S. The van der Waals surface area contributed by atoms with Crippen molar-refractivity contribution in [3.05, 3.63) is 106 Å². The van der Waals surface area contributed by atoms with Crippen LogP contribution >= 0.6 is 35.0 Å². The normalized spacial score (nSPS) is 10.6. The zero-order valence-electron chi connectivity index (χ0n) is 16.1. The maximum Gasteiger partial charge on any atom is 0.123 e. The molecule has 0 fully saturated rings. The molecule has 31 heavy (non-hydrogen) atoms. The number of hydrogen-bond acceptors (Lipinski definition) is 3. The number of aromatic nitrogens is 1. The Labute approximate surface area is 194 Å². The number of rotatable bonds is 5. The maximum absolute atomic E-state index is 13.5. The number of nitrogens with zero attached hydrogens (tertiary/aromatic N) is 2. The van der Waals surface area contributed by atoms with E-state index < -0.39 is 0 Å². The molecule has 0 aliphatic carbocycles. The maximum atomic E-state index is 13.5. The number of benzene rings is 3. The fraction of sp³-hybridized carbons (Fsp3) is 0.0400. The van der Waals surface area contributed by atoms with Gasteiger partial charge in [-0.2, -0.15) is 5.26 Å². The molecular weight excluding hydrogens is 450 g/mol. The molecule has 0 saturated carbocycles. The first-order valence-electron chi connectivity index (χ1n) is 9.38. The lowest BCUT2D eigenvalue weighted by atomic mass is 9.99. The lowest BCUT2D eigenvalue weighted by Gasteiger charge is -2.13. The monoisotopic (exact) mass is 464 g/mol. The van der Waals surface area contributed by atoms with Crippen molar-refractivity contribution in [3.8, 4) is 28.5 Å². The Morgan fingerprint density at radius 3 is 2.29 bits per heavy atom. The summed E-state index contributed by atoms with van der Waals surface area (Å²) in [5, 5.41) is 11.5. The van der Waals surface area contributed by atoms with E-state index in [1.54, 1.807) is 18.2 Å². The van der Waals surface area contributed by atoms with Gasteiger partial charge in [0.1, 0.15) is 16.9 Å². The quantitative estimate of drug-likeness (QED) is 0.280. The van der Waals surface area contributed by atoms with Crippen LogP contribution in [-0.2, 0) is 5.75 Å². The Balaban J connectivity index is 1.80. The summed E-state index contributed by atoms with van der Waals surface area (Å²) >= 11 is 13.6. The smallest absolute Gasteiger partial charge is 0.123 e. The minimum Gasteiger partial charge on any atom is -0.240 e. The second-order valence-corrected chi connectivity index (χ2v) is 8.54. The van der Waals surface area contributed by atoms with E-state index in [-0.39, 0.29) is 5.82 Å². The fourth-order valence-corrected chi connectivity index (χ4v) is 4.40. The summed E-state index contributed by atoms with van der Waals surface area (Å²) in [5.74, 6) is 0.244. The van der Waals surface area contributed by atoms with E-state index >= 15 is 0 Å². The lowest BCUT2D eigenvalue weighted by Crippen LogP contribution is -1.96. The van der Waals surface area contributed by atoms with E-state index in [2.05, 4.69) is 6.07 Å². The van der Waals surface area contributed by atoms with Crippen molar-refractivity contribution in [2.24, 2.45) is 0 Å². The van der Waals surface area contributed by atoms with Crippen LogP contribution in [0.25, 0.3) is 22.4 Å². The van der Waals surface area contributed by atoms with Crippen LogP contribution in [0, 0.1) is 17.1 Å². The molecule has 4 rings (SSSR count). The van der Waals surface area contributed by atoms with Gasteiger partial charge in [-0.15, -0.1) is 11.8 Å². The van der Waals surface area contributed by atoms with Crippen molar-refractivity contribution in [1.29, 1.82) is 5.26 Å². The van der Waals surface area contributed by atoms with Crippen molar-refractivity contribution in [1.82, 2.24) is 4.98 Å². The first-order valence-corrected chi connectivity index (χ1v) is 11.1. The third-order valence-corrected chi connectivity index (χ3v) is 6.47. The molecule has 6 heteroatoms. The molecule has 1 aromatic heterocycles. The summed E-state index contributed by atoms with van der Waals surface area (Å²) in [7, 11) is 0. The molecule has 0 amide bonds. The van der Waals surface area contributed by atoms with Gasteiger partial charge in [-0.3, -0.25) is 0 Å². The largest absolute Gasteiger partial charge is 0.240 e. The molecule has 0 aliphatic rings. The summed E-state index contributed by atoms with van der Waals surface area (Å²) in [6, 6.07) is 25.5. The highest BCUT2D eigenvalue weighted by Gasteiger charge is 2.16. The molecule has 0 spiro atoms. The zero-order valence-corrected chi connectivity index (χ0v) is 18.5. The average Bonchev–Trinajstić information content (AvgIpc) is 2.80. The summed E-state index contributed by atoms with van der Waals surface area (Å²) in [6.07, 6.45) is 0. The highest BCUT2D eigenvalue weighted by molar-refractivity contribution is 7.98. The van der Waals surface area contributed by atoms with E-state index in [4.69, 9.17) is 28.2 Å². The minimum absolute atomic E-state index is 0.325. The highest BCUT2D eigenvalue weighted by atomic mass is 35.5. The molecule has 152 valence electrons. The van der Waals surface area contributed by atoms with Crippen LogP contribution in [0.3, 0.4) is 0 Å². The predicted molar refractivity (Wildman–Crippen MR) is 126 cm³/mol. The third-order valence-electron chi connectivity index (χ3n) is 4.68. The standard InChI is InChI=1S/C25H15Cl2FN2S/c26-22-11-6-16(12-23(22)27)15-31-25-21(14-29)20(17-7-9-19(28)10-8-17)13-24(30-25)18-4-2-1-3-5-18/h1-13H,15H2. The molecule has 4 aromatic rings. The number of hydrogen-bond donors (Lipinski definition) is 0. The highest BCUT2D eigenvalue weighted by Crippen LogP contribution is 2.36. The third kappa shape index (κ3) is 4.91. The summed E-state index contributed by atoms with van der Waals surface area (Å²) in [4.78, 5) is 4.78. The van der Waals surface area contributed by atoms with E-state index in [1.807, 2.05) is 48.5 Å². The van der Waals surface area contributed by atoms with Crippen LogP contribution in [0.1, 0.15) is 11.1 Å². The van der Waals surface area contributed by atoms with Gasteiger partial charge in [0.05, 0.1) is 21.3 Å². The van der Waals surface area contributed by atoms with E-state index in [0.717, 1.165) is 22.4 Å². The van der Waals surface area contributed by atoms with Crippen LogP contribution in [0.5, 0.6) is 0 Å². The number of nitriles is 1. The van der Waals surface area contributed by atoms with Crippen molar-refractivity contribution < 1.29 is 4.39 Å². The number of pyridine rings is 1. The Kier molecular flexibility index (Phi) is 6.58. The second kappa shape index (κ2) is 9.53. The van der Waals surface area contributed by atoms with Crippen molar-refractivity contribution >= 4 is 35.0 Å². The van der Waals surface area contributed by atoms with Gasteiger partial charge < -0.3 is 0 Å². The lowest BCUT2D eigenvalue weighted by molar-refractivity contribution is 0.628. The molecule has 1 heterocycles. The van der Waals surface area contributed by atoms with Crippen LogP contribution in [-0.4, -0.2) is 4.98 Å². The van der Waals surface area contributed by atoms with Crippen molar-refractivity contribution in [2.45, 2.75) is 10.8 Å². The van der Waals surface area contributed by atoms with Gasteiger partial charge in [0.15, 0.2) is 0 Å². The summed E-state index contributed by atoms with van der Waals surface area (Å²) in [6.45, 7) is 0. The van der Waals surface area contributed by atoms with Gasteiger partial charge in [0, 0.05) is 16.9 Å². The van der Waals surface area contributed by atoms with Gasteiger partial charge in [-0.05, 0) is 41.5 Å². The Morgan fingerprint density at radius 1 is 0.871 bits per heavy atom. The van der Waals surface area contributed by atoms with Crippen LogP contribution in [0.15, 0.2) is 83.9 Å². The van der Waals surface area contributed by atoms with Gasteiger partial charge in [0.25, 0.3) is 0 Å². The molecule has 0 N–H and O–H groups in total. The van der Waals surface area contributed by atoms with Crippen LogP contribution in [0.4, 0.5) is 4.39 Å². The molecule has 3 aromatic carbocycles. The topological polar surface area (TPSA) is 36.7 Å². The van der Waals surface area contributed by atoms with Gasteiger partial charge in [0.2, 0.25) is 0 Å². The predicted octanol–water partition coefficient (Wildman–Crippen LogP) is 8.03. The van der Waals surface area contributed by atoms with Gasteiger partial charge in [-0.25, -0.2) is 9.37 Å². The molecule has 0 atom stereocenters. The SMILES string of the molecule is N#Cc1c(-c2ccc(F)cc2)cc(-c2ccccc2)nc1SCc1ccc(Cl)c(Cl)c1. The molecule has 0 bridgehead atoms. The Hall–Kier alpha value is -2.84. The average molecular weight is 465 g/mol. The van der Waals surface area contributed by atoms with E-state index in [0.29, 0.717) is 32.0 Å². The first-order chi connectivity index (χ1) is 15.0. The second-order valence-electron chi connectivity index (χ2n) is 6.76. The Morgan fingerprint density at radius 2 is 1.61 bits per heavy atom. The van der Waals surface area contributed by atoms with Crippen LogP contribution in [0.2, 0.25) is 10.0 Å².